The molecule has 0 unspecified atom stereocenters. The summed E-state index contributed by atoms with van der Waals surface area (Å²) in [5, 5.41) is 2.65. The molecule has 7 nitrogen and oxygen atoms in total. The Kier molecular flexibility index (Phi) is 6.56. The summed E-state index contributed by atoms with van der Waals surface area (Å²) in [7, 11) is 0. The molecule has 0 saturated carbocycles. The van der Waals surface area contributed by atoms with E-state index < -0.39 is 12.5 Å². The van der Waals surface area contributed by atoms with Gasteiger partial charge in [-0.25, -0.2) is 0 Å². The van der Waals surface area contributed by atoms with E-state index >= 15 is 0 Å². The number of nitrogens with one attached hydrogen (secondary N) is 1. The molecule has 4 rings (SSSR count). The number of amides is 2. The molecule has 0 aromatic heterocycles. The van der Waals surface area contributed by atoms with E-state index in [1.807, 2.05) is 6.07 Å². The maximum absolute atomic E-state index is 12.7. The number of carbonyl (C=O) groups is 2. The molecule has 1 fully saturated rings. The molecule has 0 atom stereocenters. The van der Waals surface area contributed by atoms with Crippen molar-refractivity contribution in [2.45, 2.75) is 6.61 Å². The number of hydrogen-bond donors (Lipinski definition) is 1. The number of fused-ring (bicyclic) bond motifs is 1. The highest BCUT2D eigenvalue weighted by Gasteiger charge is 2.31. The zero-order chi connectivity index (χ0) is 22.7. The lowest BCUT2D eigenvalue weighted by atomic mass is 10.2. The van der Waals surface area contributed by atoms with Crippen LogP contribution in [0.2, 0.25) is 0 Å². The first kappa shape index (κ1) is 22.0. The molecule has 0 radical (unpaired) electrons. The van der Waals surface area contributed by atoms with Crippen molar-refractivity contribution in [3.63, 3.8) is 0 Å². The number of ether oxygens (including phenoxy) is 3. The van der Waals surface area contributed by atoms with Crippen LogP contribution in [0.25, 0.3) is 6.08 Å². The van der Waals surface area contributed by atoms with Crippen molar-refractivity contribution in [2.24, 2.45) is 0 Å². The van der Waals surface area contributed by atoms with Crippen LogP contribution in [0.15, 0.2) is 47.4 Å². The van der Waals surface area contributed by atoms with Crippen molar-refractivity contribution in [2.75, 3.05) is 19.9 Å². The Morgan fingerprint density at radius 1 is 1.25 bits per heavy atom. The molecule has 1 saturated heterocycles. The summed E-state index contributed by atoms with van der Waals surface area (Å²) in [6, 6.07) is 10.8. The van der Waals surface area contributed by atoms with Crippen LogP contribution in [-0.4, -0.2) is 47.5 Å². The predicted octanol–water partition coefficient (Wildman–Crippen LogP) is 3.65. The number of nitrogens with zero attached hydrogens (tertiary/aromatic N) is 1. The van der Waals surface area contributed by atoms with Gasteiger partial charge in [-0.05, 0) is 42.0 Å². The van der Waals surface area contributed by atoms with Crippen LogP contribution in [0.4, 0.5) is 8.78 Å². The molecule has 2 aliphatic rings. The van der Waals surface area contributed by atoms with Gasteiger partial charge in [-0.2, -0.15) is 8.78 Å². The summed E-state index contributed by atoms with van der Waals surface area (Å²) in [5.74, 6) is 0.403. The monoisotopic (exact) mass is 478 g/mol. The average molecular weight is 478 g/mol. The molecule has 166 valence electrons. The van der Waals surface area contributed by atoms with Crippen LogP contribution in [0, 0.1) is 0 Å². The average Bonchev–Trinajstić information content (AvgIpc) is 3.32. The Hall–Kier alpha value is -3.18. The SMILES string of the molecule is O=C(NCCN1C(=O)/C(=C/c2ccc3c(c2)OCO3)SC1=S)c1cccc(OC(F)F)c1. The van der Waals surface area contributed by atoms with Crippen LogP contribution in [0.5, 0.6) is 17.2 Å². The highest BCUT2D eigenvalue weighted by atomic mass is 32.2. The van der Waals surface area contributed by atoms with Gasteiger partial charge in [0.25, 0.3) is 11.8 Å². The fraction of sp³-hybridized carbons (Fsp3) is 0.190. The van der Waals surface area contributed by atoms with Gasteiger partial charge in [-0.1, -0.05) is 36.1 Å². The van der Waals surface area contributed by atoms with Gasteiger partial charge in [0, 0.05) is 18.7 Å². The van der Waals surface area contributed by atoms with Gasteiger partial charge in [0.1, 0.15) is 10.1 Å². The third-order valence-corrected chi connectivity index (χ3v) is 5.89. The molecular weight excluding hydrogens is 462 g/mol. The molecule has 2 amide bonds. The Bertz CT molecular complexity index is 1110. The molecule has 2 heterocycles. The van der Waals surface area contributed by atoms with Gasteiger partial charge in [0.2, 0.25) is 6.79 Å². The number of carbonyl (C=O) groups excluding carboxylic acids is 2. The van der Waals surface area contributed by atoms with Crippen LogP contribution in [-0.2, 0) is 4.79 Å². The standard InChI is InChI=1S/C21H16F2N2O5S2/c22-20(23)30-14-3-1-2-13(10-14)18(26)24-6-7-25-19(27)17(32-21(25)31)9-12-4-5-15-16(8-12)29-11-28-15/h1-5,8-10,20H,6-7,11H2,(H,24,26)/b17-9-. The number of hydrogen-bond acceptors (Lipinski definition) is 7. The van der Waals surface area contributed by atoms with Crippen molar-refractivity contribution >= 4 is 46.2 Å². The Morgan fingerprint density at radius 3 is 2.88 bits per heavy atom. The second-order valence-electron chi connectivity index (χ2n) is 6.61. The number of rotatable bonds is 7. The van der Waals surface area contributed by atoms with E-state index in [2.05, 4.69) is 10.1 Å². The zero-order valence-electron chi connectivity index (χ0n) is 16.4. The number of thiocarbonyl (C=S) groups is 1. The lowest BCUT2D eigenvalue weighted by molar-refractivity contribution is -0.122. The van der Waals surface area contributed by atoms with Crippen LogP contribution >= 0.6 is 24.0 Å². The van der Waals surface area contributed by atoms with Gasteiger partial charge < -0.3 is 19.5 Å². The fourth-order valence-electron chi connectivity index (χ4n) is 3.04. The van der Waals surface area contributed by atoms with Gasteiger partial charge in [-0.15, -0.1) is 0 Å². The first-order chi connectivity index (χ1) is 15.4. The van der Waals surface area contributed by atoms with E-state index in [0.717, 1.165) is 5.56 Å². The summed E-state index contributed by atoms with van der Waals surface area (Å²) in [6.45, 7) is -2.52. The molecule has 0 bridgehead atoms. The van der Waals surface area contributed by atoms with Crippen molar-refractivity contribution in [1.82, 2.24) is 10.2 Å². The summed E-state index contributed by atoms with van der Waals surface area (Å²) >= 11 is 6.47. The maximum Gasteiger partial charge on any atom is 0.387 e. The minimum absolute atomic E-state index is 0.113. The molecule has 2 aromatic rings. The minimum atomic E-state index is -2.98. The summed E-state index contributed by atoms with van der Waals surface area (Å²) < 4.78 is 40.0. The fourth-order valence-corrected chi connectivity index (χ4v) is 4.35. The second-order valence-corrected chi connectivity index (χ2v) is 8.28. The number of benzene rings is 2. The first-order valence-corrected chi connectivity index (χ1v) is 10.6. The first-order valence-electron chi connectivity index (χ1n) is 9.39. The van der Waals surface area contributed by atoms with E-state index in [9.17, 15) is 18.4 Å². The van der Waals surface area contributed by atoms with Gasteiger partial charge >= 0.3 is 6.61 Å². The molecular formula is C21H16F2N2O5S2. The topological polar surface area (TPSA) is 77.1 Å². The summed E-state index contributed by atoms with van der Waals surface area (Å²) in [5.41, 5.74) is 0.935. The van der Waals surface area contributed by atoms with E-state index in [4.69, 9.17) is 21.7 Å². The zero-order valence-corrected chi connectivity index (χ0v) is 18.0. The van der Waals surface area contributed by atoms with E-state index in [1.54, 1.807) is 18.2 Å². The highest BCUT2D eigenvalue weighted by molar-refractivity contribution is 8.26. The normalized spacial score (nSPS) is 16.2. The largest absolute Gasteiger partial charge is 0.454 e. The van der Waals surface area contributed by atoms with E-state index in [0.29, 0.717) is 20.7 Å². The lowest BCUT2D eigenvalue weighted by Crippen LogP contribution is -2.37. The molecule has 32 heavy (non-hydrogen) atoms. The molecule has 2 aromatic carbocycles. The van der Waals surface area contributed by atoms with Crippen molar-refractivity contribution < 1.29 is 32.6 Å². The molecule has 1 N–H and O–H groups in total. The predicted molar refractivity (Wildman–Crippen MR) is 118 cm³/mol. The Balaban J connectivity index is 1.34. The second kappa shape index (κ2) is 9.53. The lowest BCUT2D eigenvalue weighted by Gasteiger charge is -2.15. The number of alkyl halides is 2. The van der Waals surface area contributed by atoms with Crippen molar-refractivity contribution in [3.05, 3.63) is 58.5 Å². The molecule has 2 aliphatic heterocycles. The molecule has 0 aliphatic carbocycles. The quantitative estimate of drug-likeness (QED) is 0.481. The van der Waals surface area contributed by atoms with Gasteiger partial charge in [0.15, 0.2) is 11.5 Å². The smallest absolute Gasteiger partial charge is 0.387 e. The van der Waals surface area contributed by atoms with Gasteiger partial charge in [0.05, 0.1) is 4.91 Å². The third kappa shape index (κ3) is 5.00. The number of thioether (sulfide) groups is 1. The summed E-state index contributed by atoms with van der Waals surface area (Å²) in [4.78, 5) is 26.9. The van der Waals surface area contributed by atoms with Crippen molar-refractivity contribution in [1.29, 1.82) is 0 Å². The molecule has 11 heteroatoms. The number of halogens is 2. The van der Waals surface area contributed by atoms with Crippen LogP contribution < -0.4 is 19.5 Å². The minimum Gasteiger partial charge on any atom is -0.454 e. The Morgan fingerprint density at radius 2 is 2.06 bits per heavy atom. The molecule has 0 spiro atoms. The van der Waals surface area contributed by atoms with Crippen LogP contribution in [0.3, 0.4) is 0 Å². The van der Waals surface area contributed by atoms with Crippen LogP contribution in [0.1, 0.15) is 15.9 Å². The van der Waals surface area contributed by atoms with Gasteiger partial charge in [-0.3, -0.25) is 14.5 Å². The van der Waals surface area contributed by atoms with Crippen molar-refractivity contribution in [3.8, 4) is 17.2 Å². The van der Waals surface area contributed by atoms with E-state index in [-0.39, 0.29) is 37.1 Å². The highest BCUT2D eigenvalue weighted by Crippen LogP contribution is 2.36. The van der Waals surface area contributed by atoms with E-state index in [1.165, 1.54) is 40.9 Å². The third-order valence-electron chi connectivity index (χ3n) is 4.51. The summed E-state index contributed by atoms with van der Waals surface area (Å²) in [6.07, 6.45) is 1.72. The Labute approximate surface area is 191 Å². The maximum atomic E-state index is 12.7.